The highest BCUT2D eigenvalue weighted by Gasteiger charge is 2.10. The Labute approximate surface area is 96.3 Å². The van der Waals surface area contributed by atoms with Crippen molar-refractivity contribution in [2.24, 2.45) is 0 Å². The van der Waals surface area contributed by atoms with Crippen molar-refractivity contribution in [3.63, 3.8) is 0 Å². The van der Waals surface area contributed by atoms with E-state index in [9.17, 15) is 9.59 Å². The summed E-state index contributed by atoms with van der Waals surface area (Å²) in [6, 6.07) is 9.71. The van der Waals surface area contributed by atoms with Crippen LogP contribution in [0, 0.1) is 11.3 Å². The molecule has 0 saturated heterocycles. The van der Waals surface area contributed by atoms with Gasteiger partial charge in [-0.05, 0) is 12.1 Å². The van der Waals surface area contributed by atoms with Gasteiger partial charge in [-0.15, -0.1) is 0 Å². The van der Waals surface area contributed by atoms with E-state index in [1.54, 1.807) is 30.3 Å². The van der Waals surface area contributed by atoms with Crippen LogP contribution in [0.15, 0.2) is 35.1 Å². The number of benzene rings is 1. The van der Waals surface area contributed by atoms with Crippen LogP contribution in [0.4, 0.5) is 0 Å². The van der Waals surface area contributed by atoms with Crippen LogP contribution in [0.2, 0.25) is 0 Å². The number of hydrogen-bond acceptors (Lipinski definition) is 4. The molecule has 0 aliphatic rings. The maximum absolute atomic E-state index is 11.7. The Kier molecular flexibility index (Phi) is 2.88. The van der Waals surface area contributed by atoms with E-state index in [-0.39, 0.29) is 17.7 Å². The third kappa shape index (κ3) is 2.16. The van der Waals surface area contributed by atoms with Gasteiger partial charge in [0.1, 0.15) is 11.8 Å². The molecule has 1 aromatic carbocycles. The number of pyridine rings is 1. The average molecular weight is 228 g/mol. The number of fused-ring (bicyclic) bond motifs is 1. The molecule has 5 heteroatoms. The van der Waals surface area contributed by atoms with Crippen molar-refractivity contribution in [1.82, 2.24) is 4.98 Å². The lowest BCUT2D eigenvalue weighted by molar-refractivity contribution is 0.0548. The van der Waals surface area contributed by atoms with Crippen LogP contribution in [0.25, 0.3) is 10.9 Å². The van der Waals surface area contributed by atoms with Gasteiger partial charge in [0.25, 0.3) is 0 Å². The molecule has 0 radical (unpaired) electrons. The maximum atomic E-state index is 11.7. The highest BCUT2D eigenvalue weighted by atomic mass is 16.5. The van der Waals surface area contributed by atoms with E-state index in [4.69, 9.17) is 5.26 Å². The number of esters is 1. The second kappa shape index (κ2) is 4.49. The van der Waals surface area contributed by atoms with E-state index in [2.05, 4.69) is 9.72 Å². The molecular weight excluding hydrogens is 220 g/mol. The van der Waals surface area contributed by atoms with Crippen LogP contribution in [-0.4, -0.2) is 17.6 Å². The third-order valence-corrected chi connectivity index (χ3v) is 2.23. The van der Waals surface area contributed by atoms with E-state index < -0.39 is 5.97 Å². The highest BCUT2D eigenvalue weighted by Crippen LogP contribution is 2.07. The predicted octanol–water partition coefficient (Wildman–Crippen LogP) is 1.21. The number of aromatic amines is 1. The smallest absolute Gasteiger partial charge is 0.355 e. The molecule has 0 fully saturated rings. The fraction of sp³-hybridized carbons (Fsp3) is 0.0833. The number of nitriles is 1. The van der Waals surface area contributed by atoms with E-state index in [1.165, 1.54) is 6.07 Å². The van der Waals surface area contributed by atoms with Crippen molar-refractivity contribution in [1.29, 1.82) is 5.26 Å². The zero-order valence-corrected chi connectivity index (χ0v) is 8.77. The fourth-order valence-corrected chi connectivity index (χ4v) is 1.48. The van der Waals surface area contributed by atoms with Gasteiger partial charge >= 0.3 is 5.97 Å². The van der Waals surface area contributed by atoms with Crippen LogP contribution in [-0.2, 0) is 4.74 Å². The summed E-state index contributed by atoms with van der Waals surface area (Å²) in [6.45, 7) is -0.340. The van der Waals surface area contributed by atoms with Gasteiger partial charge in [-0.25, -0.2) is 4.79 Å². The molecule has 0 spiro atoms. The quantitative estimate of drug-likeness (QED) is 0.783. The molecule has 2 aromatic rings. The summed E-state index contributed by atoms with van der Waals surface area (Å²) in [7, 11) is 0. The SMILES string of the molecule is N#CCOC(=O)c1cc(=O)c2ccccc2[nH]1. The van der Waals surface area contributed by atoms with Crippen molar-refractivity contribution < 1.29 is 9.53 Å². The number of rotatable bonds is 2. The standard InChI is InChI=1S/C12H8N2O3/c13-5-6-17-12(16)10-7-11(15)8-3-1-2-4-9(8)14-10/h1-4,7H,6H2,(H,14,15). The summed E-state index contributed by atoms with van der Waals surface area (Å²) in [5.41, 5.74) is 0.344. The van der Waals surface area contributed by atoms with E-state index >= 15 is 0 Å². The van der Waals surface area contributed by atoms with Crippen molar-refractivity contribution in [2.45, 2.75) is 0 Å². The zero-order chi connectivity index (χ0) is 12.3. The number of ether oxygens (including phenoxy) is 1. The van der Waals surface area contributed by atoms with Crippen LogP contribution in [0.1, 0.15) is 10.5 Å². The van der Waals surface area contributed by atoms with Crippen LogP contribution in [0.5, 0.6) is 0 Å². The first-order valence-electron chi connectivity index (χ1n) is 4.88. The normalized spacial score (nSPS) is 9.82. The number of carbonyl (C=O) groups excluding carboxylic acids is 1. The first-order valence-corrected chi connectivity index (χ1v) is 4.88. The Morgan fingerprint density at radius 2 is 2.18 bits per heavy atom. The third-order valence-electron chi connectivity index (χ3n) is 2.23. The topological polar surface area (TPSA) is 82.9 Å². The van der Waals surface area contributed by atoms with Crippen molar-refractivity contribution in [3.8, 4) is 6.07 Å². The number of aromatic nitrogens is 1. The molecule has 0 atom stereocenters. The Morgan fingerprint density at radius 3 is 2.94 bits per heavy atom. The minimum Gasteiger partial charge on any atom is -0.446 e. The monoisotopic (exact) mass is 228 g/mol. The molecule has 2 rings (SSSR count). The predicted molar refractivity (Wildman–Crippen MR) is 60.5 cm³/mol. The van der Waals surface area contributed by atoms with Gasteiger partial charge in [0, 0.05) is 17.0 Å². The Morgan fingerprint density at radius 1 is 1.41 bits per heavy atom. The number of para-hydroxylation sites is 1. The Balaban J connectivity index is 2.47. The summed E-state index contributed by atoms with van der Waals surface area (Å²) in [6.07, 6.45) is 0. The Hall–Kier alpha value is -2.61. The second-order valence-corrected chi connectivity index (χ2v) is 3.33. The minimum atomic E-state index is -0.714. The zero-order valence-electron chi connectivity index (χ0n) is 8.77. The van der Waals surface area contributed by atoms with Gasteiger partial charge in [-0.1, -0.05) is 12.1 Å². The van der Waals surface area contributed by atoms with Gasteiger partial charge in [-0.2, -0.15) is 5.26 Å². The summed E-state index contributed by atoms with van der Waals surface area (Å²) >= 11 is 0. The molecule has 1 heterocycles. The van der Waals surface area contributed by atoms with Crippen molar-refractivity contribution in [3.05, 3.63) is 46.2 Å². The van der Waals surface area contributed by atoms with Gasteiger partial charge in [0.2, 0.25) is 0 Å². The summed E-state index contributed by atoms with van der Waals surface area (Å²) in [4.78, 5) is 25.9. The lowest BCUT2D eigenvalue weighted by atomic mass is 10.2. The number of H-pyrrole nitrogens is 1. The summed E-state index contributed by atoms with van der Waals surface area (Å²) in [5.74, 6) is -0.714. The van der Waals surface area contributed by atoms with Gasteiger partial charge in [0.05, 0.1) is 0 Å². The van der Waals surface area contributed by atoms with Crippen molar-refractivity contribution in [2.75, 3.05) is 6.61 Å². The molecule has 5 nitrogen and oxygen atoms in total. The number of nitrogens with one attached hydrogen (secondary N) is 1. The van der Waals surface area contributed by atoms with Gasteiger partial charge in [0.15, 0.2) is 12.0 Å². The van der Waals surface area contributed by atoms with E-state index in [0.717, 1.165) is 0 Å². The molecule has 0 bridgehead atoms. The van der Waals surface area contributed by atoms with Gasteiger partial charge < -0.3 is 9.72 Å². The van der Waals surface area contributed by atoms with Crippen molar-refractivity contribution >= 4 is 16.9 Å². The molecule has 17 heavy (non-hydrogen) atoms. The first-order chi connectivity index (χ1) is 8.22. The Bertz CT molecular complexity index is 667. The molecule has 1 N–H and O–H groups in total. The number of hydrogen-bond donors (Lipinski definition) is 1. The minimum absolute atomic E-state index is 0.0453. The molecule has 0 saturated carbocycles. The van der Waals surface area contributed by atoms with Crippen LogP contribution < -0.4 is 5.43 Å². The van der Waals surface area contributed by atoms with Crippen LogP contribution in [0.3, 0.4) is 0 Å². The summed E-state index contributed by atoms with van der Waals surface area (Å²) < 4.78 is 4.61. The largest absolute Gasteiger partial charge is 0.446 e. The lowest BCUT2D eigenvalue weighted by Gasteiger charge is -2.02. The van der Waals surface area contributed by atoms with Gasteiger partial charge in [-0.3, -0.25) is 4.79 Å². The number of carbonyl (C=O) groups is 1. The molecular formula is C12H8N2O3. The molecule has 0 aliphatic carbocycles. The molecule has 84 valence electrons. The highest BCUT2D eigenvalue weighted by molar-refractivity contribution is 5.90. The van der Waals surface area contributed by atoms with Crippen LogP contribution >= 0.6 is 0 Å². The molecule has 0 amide bonds. The van der Waals surface area contributed by atoms with E-state index in [0.29, 0.717) is 10.9 Å². The summed E-state index contributed by atoms with van der Waals surface area (Å²) in [5, 5.41) is 8.79. The number of nitrogens with zero attached hydrogens (tertiary/aromatic N) is 1. The maximum Gasteiger partial charge on any atom is 0.355 e. The second-order valence-electron chi connectivity index (χ2n) is 3.33. The molecule has 0 aliphatic heterocycles. The fourth-order valence-electron chi connectivity index (χ4n) is 1.48. The molecule has 1 aromatic heterocycles. The first kappa shape index (κ1) is 10.9. The van der Waals surface area contributed by atoms with E-state index in [1.807, 2.05) is 0 Å². The average Bonchev–Trinajstić information content (AvgIpc) is 2.36. The lowest BCUT2D eigenvalue weighted by Crippen LogP contribution is -2.12. The molecule has 0 unspecified atom stereocenters.